The lowest BCUT2D eigenvalue weighted by molar-refractivity contribution is -0.277. The molecule has 0 aromatic heterocycles. The number of hydrogen-bond acceptors (Lipinski definition) is 2. The van der Waals surface area contributed by atoms with Crippen molar-refractivity contribution in [2.24, 2.45) is 0 Å². The second-order valence-corrected chi connectivity index (χ2v) is 6.23. The Hall–Kier alpha value is -1.31. The third-order valence-electron chi connectivity index (χ3n) is 4.68. The highest BCUT2D eigenvalue weighted by Crippen LogP contribution is 2.48. The number of halogens is 5. The Balaban J connectivity index is 1.96. The molecule has 1 aromatic carbocycles. The molecule has 0 saturated carbocycles. The SMILES string of the molecule is [B]c1ccc2c(c1)N(CC(F)(F)C(F)(F)F)CC21CCOCC1. The number of hydrogen-bond donors (Lipinski definition) is 0. The van der Waals surface area contributed by atoms with Gasteiger partial charge >= 0.3 is 12.1 Å². The van der Waals surface area contributed by atoms with Gasteiger partial charge in [0.2, 0.25) is 0 Å². The molecule has 124 valence electrons. The number of nitrogens with zero attached hydrogens (tertiary/aromatic N) is 1. The fourth-order valence-corrected chi connectivity index (χ4v) is 3.45. The molecule has 0 bridgehead atoms. The Morgan fingerprint density at radius 3 is 2.39 bits per heavy atom. The molecular weight excluding hydrogens is 316 g/mol. The molecule has 0 atom stereocenters. The monoisotopic (exact) mass is 331 g/mol. The van der Waals surface area contributed by atoms with Gasteiger partial charge in [0.1, 0.15) is 7.85 Å². The first-order chi connectivity index (χ1) is 10.6. The predicted octanol–water partition coefficient (Wildman–Crippen LogP) is 2.55. The van der Waals surface area contributed by atoms with E-state index in [4.69, 9.17) is 12.6 Å². The standard InChI is InChI=1S/C15H15BF5NO/c16-10-1-2-11-12(7-10)22(9-14(17,18)15(19,20)21)8-13(11)3-5-23-6-4-13/h1-2,7H,3-6,8-9H2. The minimum Gasteiger partial charge on any atom is -0.381 e. The Kier molecular flexibility index (Phi) is 3.86. The van der Waals surface area contributed by atoms with E-state index in [1.165, 1.54) is 6.07 Å². The van der Waals surface area contributed by atoms with Crippen molar-refractivity contribution in [1.29, 1.82) is 0 Å². The summed E-state index contributed by atoms with van der Waals surface area (Å²) in [6.07, 6.45) is -4.38. The molecule has 1 saturated heterocycles. The first kappa shape index (κ1) is 16.5. The molecule has 0 N–H and O–H groups in total. The van der Waals surface area contributed by atoms with E-state index in [2.05, 4.69) is 0 Å². The van der Waals surface area contributed by atoms with Crippen molar-refractivity contribution < 1.29 is 26.7 Å². The second kappa shape index (κ2) is 5.36. The van der Waals surface area contributed by atoms with Crippen LogP contribution in [0.1, 0.15) is 18.4 Å². The molecular formula is C15H15BF5NO. The summed E-state index contributed by atoms with van der Waals surface area (Å²) in [6, 6.07) is 4.87. The zero-order chi connectivity index (χ0) is 16.9. The number of fused-ring (bicyclic) bond motifs is 2. The van der Waals surface area contributed by atoms with Crippen LogP contribution in [0.25, 0.3) is 0 Å². The molecule has 1 aromatic rings. The molecule has 2 aliphatic rings. The zero-order valence-electron chi connectivity index (χ0n) is 12.3. The number of anilines is 1. The summed E-state index contributed by atoms with van der Waals surface area (Å²) in [5.74, 6) is -4.77. The maximum absolute atomic E-state index is 13.5. The van der Waals surface area contributed by atoms with Gasteiger partial charge in [0.25, 0.3) is 0 Å². The van der Waals surface area contributed by atoms with Crippen LogP contribution < -0.4 is 10.4 Å². The second-order valence-electron chi connectivity index (χ2n) is 6.23. The first-order valence-electron chi connectivity index (χ1n) is 7.32. The molecule has 2 nitrogen and oxygen atoms in total. The molecule has 1 spiro atoms. The van der Waals surface area contributed by atoms with Gasteiger partial charge in [0.05, 0.1) is 6.54 Å². The molecule has 23 heavy (non-hydrogen) atoms. The quantitative estimate of drug-likeness (QED) is 0.610. The minimum absolute atomic E-state index is 0.126. The summed E-state index contributed by atoms with van der Waals surface area (Å²) in [5.41, 5.74) is 1.06. The van der Waals surface area contributed by atoms with Crippen LogP contribution in [0.2, 0.25) is 0 Å². The van der Waals surface area contributed by atoms with Gasteiger partial charge in [-0.1, -0.05) is 17.6 Å². The van der Waals surface area contributed by atoms with E-state index >= 15 is 0 Å². The van der Waals surface area contributed by atoms with E-state index in [-0.39, 0.29) is 6.54 Å². The maximum atomic E-state index is 13.5. The third-order valence-corrected chi connectivity index (χ3v) is 4.68. The van der Waals surface area contributed by atoms with Crippen LogP contribution in [-0.2, 0) is 10.2 Å². The van der Waals surface area contributed by atoms with Crippen molar-refractivity contribution in [2.75, 3.05) is 31.2 Å². The van der Waals surface area contributed by atoms with Crippen LogP contribution in [-0.4, -0.2) is 46.2 Å². The maximum Gasteiger partial charge on any atom is 0.455 e. The summed E-state index contributed by atoms with van der Waals surface area (Å²) < 4.78 is 70.0. The van der Waals surface area contributed by atoms with Gasteiger partial charge in [0, 0.05) is 30.9 Å². The molecule has 3 rings (SSSR count). The largest absolute Gasteiger partial charge is 0.455 e. The lowest BCUT2D eigenvalue weighted by atomic mass is 9.75. The van der Waals surface area contributed by atoms with Gasteiger partial charge in [-0.2, -0.15) is 22.0 Å². The number of rotatable bonds is 2. The van der Waals surface area contributed by atoms with E-state index < -0.39 is 24.1 Å². The van der Waals surface area contributed by atoms with E-state index in [1.54, 1.807) is 12.1 Å². The normalized spacial score (nSPS) is 20.8. The van der Waals surface area contributed by atoms with E-state index in [9.17, 15) is 22.0 Å². The zero-order valence-corrected chi connectivity index (χ0v) is 12.3. The van der Waals surface area contributed by atoms with Crippen LogP contribution in [0.3, 0.4) is 0 Å². The topological polar surface area (TPSA) is 12.5 Å². The van der Waals surface area contributed by atoms with E-state index in [1.807, 2.05) is 0 Å². The molecule has 8 heteroatoms. The molecule has 0 aliphatic carbocycles. The van der Waals surface area contributed by atoms with Crippen molar-refractivity contribution in [2.45, 2.75) is 30.4 Å². The highest BCUT2D eigenvalue weighted by molar-refractivity contribution is 6.32. The van der Waals surface area contributed by atoms with Crippen molar-refractivity contribution in [3.63, 3.8) is 0 Å². The smallest absolute Gasteiger partial charge is 0.381 e. The molecule has 2 radical (unpaired) electrons. The van der Waals surface area contributed by atoms with Gasteiger partial charge in [-0.25, -0.2) is 0 Å². The Labute approximate surface area is 132 Å². The fraction of sp³-hybridized carbons (Fsp3) is 0.600. The summed E-state index contributed by atoms with van der Waals surface area (Å²) in [6.45, 7) is -0.336. The van der Waals surface area contributed by atoms with Crippen molar-refractivity contribution in [1.82, 2.24) is 0 Å². The van der Waals surface area contributed by atoms with Gasteiger partial charge in [0.15, 0.2) is 0 Å². The van der Waals surface area contributed by atoms with Crippen LogP contribution in [0.4, 0.5) is 27.6 Å². The molecule has 2 heterocycles. The third kappa shape index (κ3) is 2.81. The number of ether oxygens (including phenoxy) is 1. The molecule has 1 fully saturated rings. The summed E-state index contributed by atoms with van der Waals surface area (Å²) in [4.78, 5) is 1.12. The van der Waals surface area contributed by atoms with E-state index in [0.717, 1.165) is 10.5 Å². The van der Waals surface area contributed by atoms with E-state index in [0.29, 0.717) is 37.2 Å². The minimum atomic E-state index is -5.57. The predicted molar refractivity (Wildman–Crippen MR) is 76.8 cm³/mol. The van der Waals surface area contributed by atoms with Gasteiger partial charge in [-0.3, -0.25) is 0 Å². The molecule has 0 unspecified atom stereocenters. The average Bonchev–Trinajstić information content (AvgIpc) is 2.71. The van der Waals surface area contributed by atoms with Gasteiger partial charge in [-0.05, 0) is 24.5 Å². The van der Waals surface area contributed by atoms with Gasteiger partial charge in [-0.15, -0.1) is 0 Å². The highest BCUT2D eigenvalue weighted by atomic mass is 19.4. The Morgan fingerprint density at radius 2 is 1.78 bits per heavy atom. The number of alkyl halides is 5. The summed E-state index contributed by atoms with van der Waals surface area (Å²) >= 11 is 0. The molecule has 2 aliphatic heterocycles. The number of benzene rings is 1. The van der Waals surface area contributed by atoms with Crippen LogP contribution in [0, 0.1) is 0 Å². The van der Waals surface area contributed by atoms with Crippen molar-refractivity contribution in [3.05, 3.63) is 23.8 Å². The summed E-state index contributed by atoms with van der Waals surface area (Å²) in [7, 11) is 5.70. The lowest BCUT2D eigenvalue weighted by Crippen LogP contribution is -2.48. The Bertz CT molecular complexity index is 598. The van der Waals surface area contributed by atoms with Gasteiger partial charge < -0.3 is 9.64 Å². The average molecular weight is 331 g/mol. The lowest BCUT2D eigenvalue weighted by Gasteiger charge is -2.35. The van der Waals surface area contributed by atoms with Crippen molar-refractivity contribution in [3.8, 4) is 0 Å². The van der Waals surface area contributed by atoms with Crippen LogP contribution in [0.15, 0.2) is 18.2 Å². The highest BCUT2D eigenvalue weighted by Gasteiger charge is 2.59. The first-order valence-corrected chi connectivity index (χ1v) is 7.32. The fourth-order valence-electron chi connectivity index (χ4n) is 3.45. The molecule has 0 amide bonds. The Morgan fingerprint density at radius 1 is 1.13 bits per heavy atom. The van der Waals surface area contributed by atoms with Crippen LogP contribution in [0.5, 0.6) is 0 Å². The van der Waals surface area contributed by atoms with Crippen molar-refractivity contribution >= 4 is 19.0 Å². The summed E-state index contributed by atoms with van der Waals surface area (Å²) in [5, 5.41) is 0. The van der Waals surface area contributed by atoms with Crippen LogP contribution >= 0.6 is 0 Å².